The Balaban J connectivity index is 1.52. The van der Waals surface area contributed by atoms with E-state index in [4.69, 9.17) is 16.0 Å². The van der Waals surface area contributed by atoms with E-state index in [1.165, 1.54) is 0 Å². The molecular formula is C20H18ClN3O2. The minimum Gasteiger partial charge on any atom is -0.443 e. The molecule has 2 aromatic heterocycles. The van der Waals surface area contributed by atoms with Crippen LogP contribution in [0, 0.1) is 0 Å². The van der Waals surface area contributed by atoms with Gasteiger partial charge in [0.25, 0.3) is 5.91 Å². The number of nitrogens with zero attached hydrogens (tertiary/aromatic N) is 3. The van der Waals surface area contributed by atoms with Gasteiger partial charge in [-0.25, -0.2) is 4.98 Å². The first-order valence-electron chi connectivity index (χ1n) is 8.61. The molecule has 0 aliphatic carbocycles. The first-order chi connectivity index (χ1) is 12.7. The number of likely N-dealkylation sites (tertiary alicyclic amines) is 1. The Hall–Kier alpha value is -2.66. The lowest BCUT2D eigenvalue weighted by Gasteiger charge is -2.22. The third kappa shape index (κ3) is 3.48. The van der Waals surface area contributed by atoms with E-state index in [0.29, 0.717) is 29.4 Å². The molecule has 0 spiro atoms. The molecule has 1 atom stereocenters. The van der Waals surface area contributed by atoms with Gasteiger partial charge in [0.2, 0.25) is 5.89 Å². The van der Waals surface area contributed by atoms with Crippen molar-refractivity contribution < 1.29 is 9.21 Å². The number of aromatic nitrogens is 2. The zero-order valence-electron chi connectivity index (χ0n) is 14.1. The average molecular weight is 368 g/mol. The van der Waals surface area contributed by atoms with Crippen molar-refractivity contribution in [2.75, 3.05) is 6.54 Å². The molecule has 1 aromatic carbocycles. The van der Waals surface area contributed by atoms with Gasteiger partial charge in [0.15, 0.2) is 0 Å². The smallest absolute Gasteiger partial charge is 0.256 e. The van der Waals surface area contributed by atoms with E-state index in [1.54, 1.807) is 30.7 Å². The molecule has 0 radical (unpaired) electrons. The van der Waals surface area contributed by atoms with Crippen LogP contribution in [0.15, 0.2) is 59.4 Å². The summed E-state index contributed by atoms with van der Waals surface area (Å²) in [5.41, 5.74) is 1.65. The number of pyridine rings is 1. The summed E-state index contributed by atoms with van der Waals surface area (Å²) in [6, 6.07) is 11.1. The molecule has 6 heteroatoms. The van der Waals surface area contributed by atoms with E-state index < -0.39 is 0 Å². The Morgan fingerprint density at radius 1 is 1.27 bits per heavy atom. The van der Waals surface area contributed by atoms with Gasteiger partial charge < -0.3 is 9.32 Å². The van der Waals surface area contributed by atoms with Crippen molar-refractivity contribution >= 4 is 17.5 Å². The van der Waals surface area contributed by atoms with Crippen molar-refractivity contribution in [2.45, 2.75) is 25.3 Å². The minimum atomic E-state index is -0.129. The molecule has 1 fully saturated rings. The lowest BCUT2D eigenvalue weighted by molar-refractivity contribution is 0.0714. The lowest BCUT2D eigenvalue weighted by Crippen LogP contribution is -2.30. The van der Waals surface area contributed by atoms with Crippen LogP contribution in [-0.4, -0.2) is 27.3 Å². The summed E-state index contributed by atoms with van der Waals surface area (Å²) >= 11 is 6.04. The van der Waals surface area contributed by atoms with Gasteiger partial charge in [0.05, 0.1) is 11.8 Å². The number of benzene rings is 1. The number of carbonyl (C=O) groups excluding carboxylic acids is 1. The van der Waals surface area contributed by atoms with Crippen LogP contribution in [0.1, 0.15) is 46.5 Å². The quantitative estimate of drug-likeness (QED) is 0.690. The van der Waals surface area contributed by atoms with Crippen molar-refractivity contribution in [1.82, 2.24) is 14.9 Å². The molecule has 26 heavy (non-hydrogen) atoms. The fourth-order valence-corrected chi connectivity index (χ4v) is 3.54. The highest BCUT2D eigenvalue weighted by molar-refractivity contribution is 6.30. The fourth-order valence-electron chi connectivity index (χ4n) is 3.33. The van der Waals surface area contributed by atoms with Crippen molar-refractivity contribution in [1.29, 1.82) is 0 Å². The number of hydrogen-bond donors (Lipinski definition) is 0. The number of carbonyl (C=O) groups is 1. The molecule has 0 bridgehead atoms. The lowest BCUT2D eigenvalue weighted by atomic mass is 10.1. The summed E-state index contributed by atoms with van der Waals surface area (Å²) < 4.78 is 5.96. The molecular weight excluding hydrogens is 350 g/mol. The molecule has 3 aromatic rings. The van der Waals surface area contributed by atoms with Gasteiger partial charge in [-0.1, -0.05) is 23.7 Å². The molecule has 1 saturated heterocycles. The maximum Gasteiger partial charge on any atom is 0.256 e. The van der Waals surface area contributed by atoms with Crippen molar-refractivity contribution in [3.63, 3.8) is 0 Å². The summed E-state index contributed by atoms with van der Waals surface area (Å²) in [6.45, 7) is 0.699. The Bertz CT molecular complexity index is 910. The Morgan fingerprint density at radius 3 is 3.00 bits per heavy atom. The molecule has 0 saturated carbocycles. The zero-order valence-corrected chi connectivity index (χ0v) is 14.9. The number of rotatable bonds is 4. The topological polar surface area (TPSA) is 59.2 Å². The van der Waals surface area contributed by atoms with E-state index >= 15 is 0 Å². The predicted octanol–water partition coefficient (Wildman–Crippen LogP) is 4.29. The van der Waals surface area contributed by atoms with Crippen molar-refractivity contribution in [3.05, 3.63) is 82.8 Å². The first-order valence-corrected chi connectivity index (χ1v) is 8.98. The van der Waals surface area contributed by atoms with Gasteiger partial charge in [-0.15, -0.1) is 0 Å². The van der Waals surface area contributed by atoms with E-state index in [-0.39, 0.29) is 11.9 Å². The van der Waals surface area contributed by atoms with Crippen molar-refractivity contribution in [3.8, 4) is 0 Å². The molecule has 3 heterocycles. The van der Waals surface area contributed by atoms with Crippen LogP contribution < -0.4 is 0 Å². The van der Waals surface area contributed by atoms with Crippen LogP contribution in [0.2, 0.25) is 5.02 Å². The standard InChI is InChI=1S/C20H18ClN3O2/c21-16-6-1-4-14(10-16)11-17-13-23-19(26-17)18-7-3-9-24(18)20(25)15-5-2-8-22-12-15/h1-2,4-6,8,10,12-13,18H,3,7,9,11H2/t18-/m0/s1. The van der Waals surface area contributed by atoms with Gasteiger partial charge in [0, 0.05) is 30.4 Å². The highest BCUT2D eigenvalue weighted by atomic mass is 35.5. The van der Waals surface area contributed by atoms with Gasteiger partial charge >= 0.3 is 0 Å². The minimum absolute atomic E-state index is 0.0322. The first kappa shape index (κ1) is 16.8. The summed E-state index contributed by atoms with van der Waals surface area (Å²) in [6.07, 6.45) is 7.40. The van der Waals surface area contributed by atoms with Crippen LogP contribution in [0.5, 0.6) is 0 Å². The second-order valence-electron chi connectivity index (χ2n) is 6.37. The molecule has 5 nitrogen and oxygen atoms in total. The fraction of sp³-hybridized carbons (Fsp3) is 0.250. The number of hydrogen-bond acceptors (Lipinski definition) is 4. The number of amides is 1. The molecule has 4 rings (SSSR count). The largest absolute Gasteiger partial charge is 0.443 e. The summed E-state index contributed by atoms with van der Waals surface area (Å²) in [7, 11) is 0. The molecule has 1 amide bonds. The van der Waals surface area contributed by atoms with Crippen LogP contribution >= 0.6 is 11.6 Å². The van der Waals surface area contributed by atoms with Crippen LogP contribution in [0.25, 0.3) is 0 Å². The van der Waals surface area contributed by atoms with Gasteiger partial charge in [-0.05, 0) is 42.7 Å². The molecule has 1 aliphatic heterocycles. The Morgan fingerprint density at radius 2 is 2.19 bits per heavy atom. The molecule has 0 N–H and O–H groups in total. The van der Waals surface area contributed by atoms with Gasteiger partial charge in [-0.3, -0.25) is 9.78 Å². The van der Waals surface area contributed by atoms with E-state index in [1.807, 2.05) is 29.2 Å². The second kappa shape index (κ2) is 7.30. The van der Waals surface area contributed by atoms with Crippen LogP contribution in [-0.2, 0) is 6.42 Å². The van der Waals surface area contributed by atoms with Crippen molar-refractivity contribution in [2.24, 2.45) is 0 Å². The third-order valence-corrected chi connectivity index (χ3v) is 4.78. The van der Waals surface area contributed by atoms with Gasteiger partial charge in [-0.2, -0.15) is 0 Å². The maximum atomic E-state index is 12.8. The summed E-state index contributed by atoms with van der Waals surface area (Å²) in [4.78, 5) is 23.1. The molecule has 132 valence electrons. The average Bonchev–Trinajstić information content (AvgIpc) is 3.31. The maximum absolute atomic E-state index is 12.8. The Labute approximate surface area is 156 Å². The zero-order chi connectivity index (χ0) is 17.9. The van der Waals surface area contributed by atoms with E-state index in [9.17, 15) is 4.79 Å². The summed E-state index contributed by atoms with van der Waals surface area (Å²) in [5, 5.41) is 0.700. The van der Waals surface area contributed by atoms with Gasteiger partial charge in [0.1, 0.15) is 11.8 Å². The molecule has 0 unspecified atom stereocenters. The van der Waals surface area contributed by atoms with Crippen LogP contribution in [0.4, 0.5) is 0 Å². The molecule has 1 aliphatic rings. The normalized spacial score (nSPS) is 16.8. The Kier molecular flexibility index (Phi) is 4.71. The monoisotopic (exact) mass is 367 g/mol. The highest BCUT2D eigenvalue weighted by Crippen LogP contribution is 2.33. The highest BCUT2D eigenvalue weighted by Gasteiger charge is 2.33. The third-order valence-electron chi connectivity index (χ3n) is 4.55. The SMILES string of the molecule is O=C(c1cccnc1)N1CCC[C@H]1c1ncc(Cc2cccc(Cl)c2)o1. The second-order valence-corrected chi connectivity index (χ2v) is 6.81. The summed E-state index contributed by atoms with van der Waals surface area (Å²) in [5.74, 6) is 1.33. The number of halogens is 1. The number of oxazole rings is 1. The van der Waals surface area contributed by atoms with E-state index in [0.717, 1.165) is 24.2 Å². The predicted molar refractivity (Wildman–Crippen MR) is 98.0 cm³/mol. The van der Waals surface area contributed by atoms with E-state index in [2.05, 4.69) is 9.97 Å². The van der Waals surface area contributed by atoms with Crippen LogP contribution in [0.3, 0.4) is 0 Å².